The molecule has 150 valence electrons. The van der Waals surface area contributed by atoms with Crippen molar-refractivity contribution < 1.29 is 26.1 Å². The number of ether oxygens (including phenoxy) is 1. The molecule has 2 rings (SSSR count). The molecule has 1 heterocycles. The number of hydrogen-bond donors (Lipinski definition) is 1. The molecule has 1 aromatic rings. The van der Waals surface area contributed by atoms with Crippen LogP contribution in [-0.4, -0.2) is 71.1 Å². The minimum Gasteiger partial charge on any atom is -0.379 e. The maximum atomic E-state index is 12.2. The predicted octanol–water partition coefficient (Wildman–Crippen LogP) is 1.78. The molecule has 7 nitrogen and oxygen atoms in total. The van der Waals surface area contributed by atoms with E-state index in [1.807, 2.05) is 19.1 Å². The van der Waals surface area contributed by atoms with Gasteiger partial charge in [0.15, 0.2) is 9.84 Å². The monoisotopic (exact) mass is 407 g/mol. The zero-order chi connectivity index (χ0) is 19.6. The molecule has 0 aliphatic carbocycles. The average molecular weight is 408 g/mol. The molecular weight excluding hydrogens is 378 g/mol. The lowest BCUT2D eigenvalue weighted by molar-refractivity contribution is 0.0372. The second-order valence-electron chi connectivity index (χ2n) is 6.38. The summed E-state index contributed by atoms with van der Waals surface area (Å²) in [7, 11) is -6.78. The van der Waals surface area contributed by atoms with Crippen molar-refractivity contribution in [3.63, 3.8) is 0 Å². The molecule has 1 aromatic carbocycles. The van der Waals surface area contributed by atoms with Gasteiger partial charge in [-0.3, -0.25) is 9.45 Å². The van der Waals surface area contributed by atoms with E-state index in [2.05, 4.69) is 4.90 Å². The zero-order valence-electron chi connectivity index (χ0n) is 15.4. The Morgan fingerprint density at radius 2 is 1.54 bits per heavy atom. The molecule has 0 spiro atoms. The van der Waals surface area contributed by atoms with E-state index in [1.54, 1.807) is 12.1 Å². The van der Waals surface area contributed by atoms with Gasteiger partial charge in [0.05, 0.1) is 30.1 Å². The maximum absolute atomic E-state index is 12.2. The number of morpholine rings is 1. The third kappa shape index (κ3) is 10.9. The van der Waals surface area contributed by atoms with Crippen LogP contribution in [0.15, 0.2) is 29.2 Å². The first-order valence-electron chi connectivity index (χ1n) is 8.60. The minimum atomic E-state index is -3.67. The van der Waals surface area contributed by atoms with Crippen LogP contribution in [-0.2, 0) is 24.7 Å². The molecule has 0 aromatic heterocycles. The molecule has 0 radical (unpaired) electrons. The smallest absolute Gasteiger partial charge is 0.261 e. The first-order valence-corrected chi connectivity index (χ1v) is 12.1. The van der Waals surface area contributed by atoms with Gasteiger partial charge in [0.25, 0.3) is 10.1 Å². The topological polar surface area (TPSA) is 101 Å². The second kappa shape index (κ2) is 11.0. The Hall–Kier alpha value is -1.00. The van der Waals surface area contributed by atoms with E-state index in [-0.39, 0.29) is 5.75 Å². The SMILES string of the molecule is CS(=O)(=O)O.Cc1ccc(S(=O)(=O)CCCCCN2CCOCC2)cc1. The van der Waals surface area contributed by atoms with Crippen molar-refractivity contribution in [2.24, 2.45) is 0 Å². The van der Waals surface area contributed by atoms with Gasteiger partial charge in [-0.2, -0.15) is 8.42 Å². The molecule has 9 heteroatoms. The molecule has 0 amide bonds. The molecule has 0 atom stereocenters. The normalized spacial score (nSPS) is 16.0. The standard InChI is InChI=1S/C16H25NO3S.CH4O3S/c1-15-5-7-16(8-6-15)21(18,19)14-4-2-3-9-17-10-12-20-13-11-17;1-5(2,3)4/h5-8H,2-4,9-14H2,1H3;1H3,(H,2,3,4). The largest absolute Gasteiger partial charge is 0.379 e. The van der Waals surface area contributed by atoms with Crippen molar-refractivity contribution in [2.45, 2.75) is 31.1 Å². The van der Waals surface area contributed by atoms with Gasteiger partial charge in [-0.1, -0.05) is 24.1 Å². The number of aryl methyl sites for hydroxylation is 1. The Balaban J connectivity index is 0.000000597. The van der Waals surface area contributed by atoms with Crippen molar-refractivity contribution in [1.82, 2.24) is 4.90 Å². The molecular formula is C17H29NO6S2. The highest BCUT2D eigenvalue weighted by Gasteiger charge is 2.14. The number of nitrogens with zero attached hydrogens (tertiary/aromatic N) is 1. The predicted molar refractivity (Wildman–Crippen MR) is 102 cm³/mol. The van der Waals surface area contributed by atoms with Gasteiger partial charge >= 0.3 is 0 Å². The van der Waals surface area contributed by atoms with Crippen molar-refractivity contribution in [3.05, 3.63) is 29.8 Å². The second-order valence-corrected chi connectivity index (χ2v) is 9.95. The quantitative estimate of drug-likeness (QED) is 0.543. The fourth-order valence-electron chi connectivity index (χ4n) is 2.49. The lowest BCUT2D eigenvalue weighted by atomic mass is 10.2. The highest BCUT2D eigenvalue weighted by atomic mass is 32.2. The van der Waals surface area contributed by atoms with E-state index in [0.717, 1.165) is 57.7 Å². The lowest BCUT2D eigenvalue weighted by Gasteiger charge is -2.26. The molecule has 1 N–H and O–H groups in total. The van der Waals surface area contributed by atoms with Crippen LogP contribution < -0.4 is 0 Å². The van der Waals surface area contributed by atoms with E-state index in [4.69, 9.17) is 9.29 Å². The summed E-state index contributed by atoms with van der Waals surface area (Å²) in [6.07, 6.45) is 3.47. The molecule has 0 bridgehead atoms. The Morgan fingerprint density at radius 1 is 1.00 bits per heavy atom. The molecule has 0 unspecified atom stereocenters. The Bertz CT molecular complexity index is 715. The van der Waals surface area contributed by atoms with Crippen LogP contribution in [0.4, 0.5) is 0 Å². The van der Waals surface area contributed by atoms with Crippen molar-refractivity contribution in [2.75, 3.05) is 44.9 Å². The van der Waals surface area contributed by atoms with Gasteiger partial charge in [0.1, 0.15) is 0 Å². The number of rotatable bonds is 7. The number of sulfone groups is 1. The summed E-state index contributed by atoms with van der Waals surface area (Å²) in [6, 6.07) is 7.12. The summed E-state index contributed by atoms with van der Waals surface area (Å²) in [6.45, 7) is 6.66. The Morgan fingerprint density at radius 3 is 2.08 bits per heavy atom. The maximum Gasteiger partial charge on any atom is 0.261 e. The van der Waals surface area contributed by atoms with Crippen molar-refractivity contribution in [1.29, 1.82) is 0 Å². The summed E-state index contributed by atoms with van der Waals surface area (Å²) >= 11 is 0. The highest BCUT2D eigenvalue weighted by Crippen LogP contribution is 2.14. The fourth-order valence-corrected chi connectivity index (χ4v) is 3.86. The van der Waals surface area contributed by atoms with Crippen LogP contribution in [0.1, 0.15) is 24.8 Å². The van der Waals surface area contributed by atoms with Crippen LogP contribution >= 0.6 is 0 Å². The molecule has 1 saturated heterocycles. The molecule has 1 aliphatic rings. The third-order valence-electron chi connectivity index (χ3n) is 3.87. The molecule has 0 saturated carbocycles. The highest BCUT2D eigenvalue weighted by molar-refractivity contribution is 7.91. The van der Waals surface area contributed by atoms with Crippen LogP contribution in [0.5, 0.6) is 0 Å². The van der Waals surface area contributed by atoms with E-state index in [9.17, 15) is 16.8 Å². The lowest BCUT2D eigenvalue weighted by Crippen LogP contribution is -2.36. The van der Waals surface area contributed by atoms with E-state index >= 15 is 0 Å². The Labute approximate surface area is 157 Å². The summed E-state index contributed by atoms with van der Waals surface area (Å²) in [5, 5.41) is 0. The first-order chi connectivity index (χ1) is 12.1. The first kappa shape index (κ1) is 23.0. The van der Waals surface area contributed by atoms with Gasteiger partial charge in [-0.05, 0) is 38.4 Å². The summed E-state index contributed by atoms with van der Waals surface area (Å²) in [4.78, 5) is 2.83. The van der Waals surface area contributed by atoms with Gasteiger partial charge in [0, 0.05) is 13.1 Å². The summed E-state index contributed by atoms with van der Waals surface area (Å²) in [5.74, 6) is 0.249. The third-order valence-corrected chi connectivity index (χ3v) is 5.69. The van der Waals surface area contributed by atoms with E-state index in [0.29, 0.717) is 11.2 Å². The van der Waals surface area contributed by atoms with Gasteiger partial charge < -0.3 is 4.74 Å². The zero-order valence-corrected chi connectivity index (χ0v) is 17.1. The number of hydrogen-bond acceptors (Lipinski definition) is 6. The van der Waals surface area contributed by atoms with Gasteiger partial charge in [0.2, 0.25) is 0 Å². The number of benzene rings is 1. The molecule has 26 heavy (non-hydrogen) atoms. The van der Waals surface area contributed by atoms with Crippen LogP contribution in [0, 0.1) is 6.92 Å². The van der Waals surface area contributed by atoms with E-state index in [1.165, 1.54) is 0 Å². The molecule has 1 fully saturated rings. The summed E-state index contributed by atoms with van der Waals surface area (Å²) in [5.41, 5.74) is 1.08. The summed E-state index contributed by atoms with van der Waals surface area (Å²) < 4.78 is 55.5. The van der Waals surface area contributed by atoms with Crippen molar-refractivity contribution in [3.8, 4) is 0 Å². The van der Waals surface area contributed by atoms with Crippen LogP contribution in [0.3, 0.4) is 0 Å². The van der Waals surface area contributed by atoms with Gasteiger partial charge in [-0.15, -0.1) is 0 Å². The van der Waals surface area contributed by atoms with Crippen molar-refractivity contribution >= 4 is 20.0 Å². The van der Waals surface area contributed by atoms with E-state index < -0.39 is 20.0 Å². The minimum absolute atomic E-state index is 0.249. The Kier molecular flexibility index (Phi) is 9.73. The molecule has 1 aliphatic heterocycles. The number of unbranched alkanes of at least 4 members (excludes halogenated alkanes) is 2. The van der Waals surface area contributed by atoms with Crippen LogP contribution in [0.2, 0.25) is 0 Å². The van der Waals surface area contributed by atoms with Crippen LogP contribution in [0.25, 0.3) is 0 Å². The average Bonchev–Trinajstić information content (AvgIpc) is 2.54. The van der Waals surface area contributed by atoms with Gasteiger partial charge in [-0.25, -0.2) is 8.42 Å². The fraction of sp³-hybridized carbons (Fsp3) is 0.647.